The Labute approximate surface area is 209 Å². The van der Waals surface area contributed by atoms with Crippen LogP contribution in [0.4, 0.5) is 5.69 Å². The monoisotopic (exact) mass is 499 g/mol. The molecule has 8 heteroatoms. The molecule has 2 aromatic carbocycles. The van der Waals surface area contributed by atoms with Crippen LogP contribution in [0.1, 0.15) is 45.8 Å². The number of rotatable bonds is 4. The lowest BCUT2D eigenvalue weighted by Gasteiger charge is -2.40. The van der Waals surface area contributed by atoms with Crippen LogP contribution >= 0.6 is 23.2 Å². The van der Waals surface area contributed by atoms with Crippen molar-refractivity contribution >= 4 is 34.8 Å². The number of likely N-dealkylation sites (tertiary alicyclic amines) is 1. The largest absolute Gasteiger partial charge is 0.497 e. The molecular formula is C26H27Cl2N3O3. The van der Waals surface area contributed by atoms with Crippen LogP contribution in [0.5, 0.6) is 5.75 Å². The van der Waals surface area contributed by atoms with Crippen molar-refractivity contribution in [2.24, 2.45) is 0 Å². The maximum absolute atomic E-state index is 13.6. The van der Waals surface area contributed by atoms with E-state index in [4.69, 9.17) is 32.5 Å². The number of methoxy groups -OCH3 is 1. The van der Waals surface area contributed by atoms with Crippen molar-refractivity contribution in [1.29, 1.82) is 0 Å². The highest BCUT2D eigenvalue weighted by molar-refractivity contribution is 6.42. The topological polar surface area (TPSA) is 58.8 Å². The van der Waals surface area contributed by atoms with E-state index in [-0.39, 0.29) is 11.3 Å². The first-order chi connectivity index (χ1) is 16.3. The second-order valence-corrected chi connectivity index (χ2v) is 10.1. The zero-order valence-corrected chi connectivity index (χ0v) is 21.0. The second-order valence-electron chi connectivity index (χ2n) is 9.28. The number of hydrogen-bond donors (Lipinski definition) is 0. The Kier molecular flexibility index (Phi) is 6.09. The van der Waals surface area contributed by atoms with Gasteiger partial charge in [-0.2, -0.15) is 0 Å². The van der Waals surface area contributed by atoms with Gasteiger partial charge in [-0.15, -0.1) is 0 Å². The van der Waals surface area contributed by atoms with Crippen molar-refractivity contribution in [2.45, 2.75) is 38.6 Å². The van der Waals surface area contributed by atoms with Crippen LogP contribution in [0.3, 0.4) is 0 Å². The molecule has 1 amide bonds. The number of nitrogens with zero attached hydrogens (tertiary/aromatic N) is 3. The molecule has 3 heterocycles. The van der Waals surface area contributed by atoms with Crippen LogP contribution in [0.2, 0.25) is 10.0 Å². The number of carbonyl (C=O) groups excluding carboxylic acids is 1. The lowest BCUT2D eigenvalue weighted by atomic mass is 9.74. The molecule has 5 rings (SSSR count). The van der Waals surface area contributed by atoms with Crippen LogP contribution in [0, 0.1) is 13.8 Å². The standard InChI is InChI=1S/C26H27Cl2N3O3/c1-16-24(17(2)34-29-16)25(32)31-15-26(20-13-19(33-3)5-7-23(20)31)8-10-30(11-9-26)14-18-4-6-21(27)22(28)12-18/h4-7,12-13H,8-11,14-15H2,1-3H3. The summed E-state index contributed by atoms with van der Waals surface area (Å²) in [4.78, 5) is 18.0. The molecule has 0 bridgehead atoms. The fraction of sp³-hybridized carbons (Fsp3) is 0.385. The number of amides is 1. The van der Waals surface area contributed by atoms with Gasteiger partial charge in [-0.25, -0.2) is 0 Å². The molecule has 1 fully saturated rings. The molecule has 34 heavy (non-hydrogen) atoms. The zero-order chi connectivity index (χ0) is 24.0. The molecule has 0 atom stereocenters. The summed E-state index contributed by atoms with van der Waals surface area (Å²) in [6.07, 6.45) is 1.89. The first-order valence-corrected chi connectivity index (χ1v) is 12.2. The molecule has 178 valence electrons. The fourth-order valence-electron chi connectivity index (χ4n) is 5.34. The van der Waals surface area contributed by atoms with Gasteiger partial charge in [-0.3, -0.25) is 9.69 Å². The van der Waals surface area contributed by atoms with Crippen LogP contribution in [0.15, 0.2) is 40.9 Å². The lowest BCUT2D eigenvalue weighted by molar-refractivity contribution is 0.0973. The Morgan fingerprint density at radius 3 is 2.53 bits per heavy atom. The van der Waals surface area contributed by atoms with Gasteiger partial charge in [0.25, 0.3) is 5.91 Å². The lowest BCUT2D eigenvalue weighted by Crippen LogP contribution is -2.45. The van der Waals surface area contributed by atoms with E-state index in [0.717, 1.165) is 49.5 Å². The minimum absolute atomic E-state index is 0.0576. The number of piperidine rings is 1. The predicted molar refractivity (Wildman–Crippen MR) is 133 cm³/mol. The van der Waals surface area contributed by atoms with E-state index in [1.54, 1.807) is 14.0 Å². The van der Waals surface area contributed by atoms with Gasteiger partial charge in [0.05, 0.1) is 22.8 Å². The third kappa shape index (κ3) is 3.98. The van der Waals surface area contributed by atoms with Gasteiger partial charge in [0.1, 0.15) is 17.1 Å². The van der Waals surface area contributed by atoms with Crippen LogP contribution < -0.4 is 9.64 Å². The maximum atomic E-state index is 13.6. The number of fused-ring (bicyclic) bond motifs is 2. The van der Waals surface area contributed by atoms with Gasteiger partial charge in [-0.1, -0.05) is 34.4 Å². The summed E-state index contributed by atoms with van der Waals surface area (Å²) in [5, 5.41) is 5.14. The molecule has 0 unspecified atom stereocenters. The van der Waals surface area contributed by atoms with Crippen molar-refractivity contribution in [2.75, 3.05) is 31.6 Å². The van der Waals surface area contributed by atoms with E-state index < -0.39 is 0 Å². The number of ether oxygens (including phenoxy) is 1. The van der Waals surface area contributed by atoms with Crippen molar-refractivity contribution in [3.8, 4) is 5.75 Å². The van der Waals surface area contributed by atoms with Crippen molar-refractivity contribution < 1.29 is 14.1 Å². The summed E-state index contributed by atoms with van der Waals surface area (Å²) in [6, 6.07) is 11.8. The van der Waals surface area contributed by atoms with Gasteiger partial charge in [0, 0.05) is 24.2 Å². The molecule has 0 radical (unpaired) electrons. The molecule has 6 nitrogen and oxygen atoms in total. The number of carbonyl (C=O) groups is 1. The number of benzene rings is 2. The minimum Gasteiger partial charge on any atom is -0.497 e. The van der Waals surface area contributed by atoms with Crippen LogP contribution in [0.25, 0.3) is 0 Å². The Bertz CT molecular complexity index is 1230. The Balaban J connectivity index is 1.41. The number of halogens is 2. The average molecular weight is 500 g/mol. The zero-order valence-electron chi connectivity index (χ0n) is 19.5. The van der Waals surface area contributed by atoms with E-state index in [0.29, 0.717) is 33.6 Å². The average Bonchev–Trinajstić information content (AvgIpc) is 3.34. The fourth-order valence-corrected chi connectivity index (χ4v) is 5.66. The summed E-state index contributed by atoms with van der Waals surface area (Å²) in [5.74, 6) is 1.30. The molecule has 1 saturated heterocycles. The number of aromatic nitrogens is 1. The summed E-state index contributed by atoms with van der Waals surface area (Å²) in [5.41, 5.74) is 4.33. The van der Waals surface area contributed by atoms with E-state index in [9.17, 15) is 4.79 Å². The third-order valence-electron chi connectivity index (χ3n) is 7.22. The van der Waals surface area contributed by atoms with Crippen molar-refractivity contribution in [3.05, 3.63) is 74.6 Å². The summed E-state index contributed by atoms with van der Waals surface area (Å²) in [7, 11) is 1.68. The summed E-state index contributed by atoms with van der Waals surface area (Å²) >= 11 is 12.3. The first kappa shape index (κ1) is 23.2. The van der Waals surface area contributed by atoms with Gasteiger partial charge >= 0.3 is 0 Å². The van der Waals surface area contributed by atoms with Gasteiger partial charge in [0.15, 0.2) is 0 Å². The molecule has 1 spiro atoms. The number of aryl methyl sites for hydroxylation is 2. The quantitative estimate of drug-likeness (QED) is 0.453. The second kappa shape index (κ2) is 8.91. The minimum atomic E-state index is -0.118. The molecule has 2 aliphatic rings. The predicted octanol–water partition coefficient (Wildman–Crippen LogP) is 5.80. The molecule has 0 N–H and O–H groups in total. The highest BCUT2D eigenvalue weighted by Gasteiger charge is 2.47. The smallest absolute Gasteiger partial charge is 0.263 e. The first-order valence-electron chi connectivity index (χ1n) is 11.4. The highest BCUT2D eigenvalue weighted by atomic mass is 35.5. The van der Waals surface area contributed by atoms with E-state index in [2.05, 4.69) is 16.1 Å². The summed E-state index contributed by atoms with van der Waals surface area (Å²) < 4.78 is 10.8. The van der Waals surface area contributed by atoms with Gasteiger partial charge in [-0.05, 0) is 81.2 Å². The number of anilines is 1. The molecule has 0 aliphatic carbocycles. The van der Waals surface area contributed by atoms with Crippen LogP contribution in [-0.4, -0.2) is 42.7 Å². The SMILES string of the molecule is COc1ccc2c(c1)C1(CCN(Cc3ccc(Cl)c(Cl)c3)CC1)CN2C(=O)c1c(C)noc1C. The van der Waals surface area contributed by atoms with E-state index >= 15 is 0 Å². The van der Waals surface area contributed by atoms with E-state index in [1.165, 1.54) is 5.56 Å². The Morgan fingerprint density at radius 2 is 1.88 bits per heavy atom. The van der Waals surface area contributed by atoms with E-state index in [1.807, 2.05) is 42.2 Å². The summed E-state index contributed by atoms with van der Waals surface area (Å²) in [6.45, 7) is 6.90. The molecule has 2 aliphatic heterocycles. The normalized spacial score (nSPS) is 17.3. The molecule has 1 aromatic heterocycles. The molecular weight excluding hydrogens is 473 g/mol. The van der Waals surface area contributed by atoms with Gasteiger partial charge < -0.3 is 14.2 Å². The number of hydrogen-bond acceptors (Lipinski definition) is 5. The van der Waals surface area contributed by atoms with Crippen LogP contribution in [-0.2, 0) is 12.0 Å². The Morgan fingerprint density at radius 1 is 1.12 bits per heavy atom. The third-order valence-corrected chi connectivity index (χ3v) is 7.96. The van der Waals surface area contributed by atoms with Crippen molar-refractivity contribution in [1.82, 2.24) is 10.1 Å². The molecule has 3 aromatic rings. The van der Waals surface area contributed by atoms with Crippen molar-refractivity contribution in [3.63, 3.8) is 0 Å². The Hall–Kier alpha value is -2.54. The van der Waals surface area contributed by atoms with Gasteiger partial charge in [0.2, 0.25) is 0 Å². The molecule has 0 saturated carbocycles. The highest BCUT2D eigenvalue weighted by Crippen LogP contribution is 2.49. The maximum Gasteiger partial charge on any atom is 0.263 e.